The summed E-state index contributed by atoms with van der Waals surface area (Å²) in [5, 5.41) is 19.6. The van der Waals surface area contributed by atoms with Gasteiger partial charge in [0, 0.05) is 17.9 Å². The van der Waals surface area contributed by atoms with Gasteiger partial charge in [0.15, 0.2) is 0 Å². The molecule has 6 heteroatoms. The first-order valence-corrected chi connectivity index (χ1v) is 5.59. The second-order valence-electron chi connectivity index (χ2n) is 3.79. The van der Waals surface area contributed by atoms with Crippen molar-refractivity contribution in [3.63, 3.8) is 0 Å². The summed E-state index contributed by atoms with van der Waals surface area (Å²) in [5.74, 6) is -0.892. The maximum atomic E-state index is 10.7. The first kappa shape index (κ1) is 13.8. The van der Waals surface area contributed by atoms with Crippen LogP contribution in [0.5, 0.6) is 0 Å². The zero-order valence-corrected chi connectivity index (χ0v) is 10.1. The minimum atomic E-state index is -1.13. The van der Waals surface area contributed by atoms with Crippen molar-refractivity contribution in [2.75, 3.05) is 23.3 Å². The molecule has 0 saturated heterocycles. The van der Waals surface area contributed by atoms with Crippen molar-refractivity contribution in [3.05, 3.63) is 24.3 Å². The molecule has 1 amide bonds. The van der Waals surface area contributed by atoms with Crippen LogP contribution < -0.4 is 10.2 Å². The molecule has 0 saturated carbocycles. The SMILES string of the molecule is CCCN(CC(=O)O)c1ccc(NC(=O)O)cc1. The van der Waals surface area contributed by atoms with Crippen LogP contribution in [0, 0.1) is 0 Å². The molecule has 0 atom stereocenters. The molecular weight excluding hydrogens is 236 g/mol. The van der Waals surface area contributed by atoms with Crippen LogP contribution in [0.1, 0.15) is 13.3 Å². The van der Waals surface area contributed by atoms with Crippen LogP contribution in [0.3, 0.4) is 0 Å². The van der Waals surface area contributed by atoms with Crippen molar-refractivity contribution < 1.29 is 19.8 Å². The van der Waals surface area contributed by atoms with Crippen LogP contribution in [0.4, 0.5) is 16.2 Å². The molecule has 0 heterocycles. The first-order chi connectivity index (χ1) is 8.52. The van der Waals surface area contributed by atoms with Crippen LogP contribution in [-0.4, -0.2) is 35.4 Å². The maximum Gasteiger partial charge on any atom is 0.409 e. The molecule has 0 bridgehead atoms. The lowest BCUT2D eigenvalue weighted by atomic mass is 10.2. The maximum absolute atomic E-state index is 10.7. The number of carboxylic acid groups (broad SMARTS) is 2. The smallest absolute Gasteiger partial charge is 0.409 e. The van der Waals surface area contributed by atoms with Crippen LogP contribution in [0.25, 0.3) is 0 Å². The predicted octanol–water partition coefficient (Wildman–Crippen LogP) is 2.08. The van der Waals surface area contributed by atoms with Gasteiger partial charge in [-0.3, -0.25) is 10.1 Å². The van der Waals surface area contributed by atoms with E-state index in [1.165, 1.54) is 0 Å². The molecule has 18 heavy (non-hydrogen) atoms. The average Bonchev–Trinajstić information content (AvgIpc) is 2.28. The van der Waals surface area contributed by atoms with Crippen molar-refractivity contribution >= 4 is 23.4 Å². The number of amides is 1. The predicted molar refractivity (Wildman–Crippen MR) is 68.2 cm³/mol. The normalized spacial score (nSPS) is 9.83. The molecule has 1 rings (SSSR count). The van der Waals surface area contributed by atoms with E-state index in [0.717, 1.165) is 12.1 Å². The van der Waals surface area contributed by atoms with Gasteiger partial charge >= 0.3 is 12.1 Å². The minimum Gasteiger partial charge on any atom is -0.480 e. The molecule has 0 aliphatic rings. The molecule has 0 aromatic heterocycles. The van der Waals surface area contributed by atoms with E-state index in [1.54, 1.807) is 29.2 Å². The van der Waals surface area contributed by atoms with Crippen molar-refractivity contribution in [1.82, 2.24) is 0 Å². The average molecular weight is 252 g/mol. The largest absolute Gasteiger partial charge is 0.480 e. The lowest BCUT2D eigenvalue weighted by Gasteiger charge is -2.22. The Morgan fingerprint density at radius 3 is 2.28 bits per heavy atom. The molecule has 6 nitrogen and oxygen atoms in total. The van der Waals surface area contributed by atoms with E-state index < -0.39 is 12.1 Å². The fraction of sp³-hybridized carbons (Fsp3) is 0.333. The van der Waals surface area contributed by atoms with Crippen molar-refractivity contribution in [2.24, 2.45) is 0 Å². The molecule has 98 valence electrons. The highest BCUT2D eigenvalue weighted by atomic mass is 16.4. The van der Waals surface area contributed by atoms with E-state index in [-0.39, 0.29) is 6.54 Å². The van der Waals surface area contributed by atoms with E-state index in [2.05, 4.69) is 5.32 Å². The highest BCUT2D eigenvalue weighted by molar-refractivity contribution is 5.83. The van der Waals surface area contributed by atoms with E-state index >= 15 is 0 Å². The van der Waals surface area contributed by atoms with Gasteiger partial charge < -0.3 is 15.1 Å². The van der Waals surface area contributed by atoms with Crippen LogP contribution in [-0.2, 0) is 4.79 Å². The quantitative estimate of drug-likeness (QED) is 0.721. The first-order valence-electron chi connectivity index (χ1n) is 5.59. The molecule has 0 fully saturated rings. The Balaban J connectivity index is 2.79. The fourth-order valence-electron chi connectivity index (χ4n) is 1.61. The number of nitrogens with one attached hydrogen (secondary N) is 1. The van der Waals surface area contributed by atoms with Gasteiger partial charge in [-0.2, -0.15) is 0 Å². The Hall–Kier alpha value is -2.24. The number of hydrogen-bond donors (Lipinski definition) is 3. The Morgan fingerprint density at radius 2 is 1.83 bits per heavy atom. The Morgan fingerprint density at radius 1 is 1.22 bits per heavy atom. The molecule has 0 aliphatic carbocycles. The van der Waals surface area contributed by atoms with E-state index in [0.29, 0.717) is 12.2 Å². The fourth-order valence-corrected chi connectivity index (χ4v) is 1.61. The highest BCUT2D eigenvalue weighted by Crippen LogP contribution is 2.18. The number of nitrogens with zero attached hydrogens (tertiary/aromatic N) is 1. The van der Waals surface area contributed by atoms with Gasteiger partial charge in [-0.15, -0.1) is 0 Å². The van der Waals surface area contributed by atoms with Crippen LogP contribution >= 0.6 is 0 Å². The lowest BCUT2D eigenvalue weighted by Crippen LogP contribution is -2.30. The van der Waals surface area contributed by atoms with Gasteiger partial charge in [0.1, 0.15) is 6.54 Å². The van der Waals surface area contributed by atoms with Gasteiger partial charge in [0.25, 0.3) is 0 Å². The Kier molecular flexibility index (Phi) is 4.98. The lowest BCUT2D eigenvalue weighted by molar-refractivity contribution is -0.135. The Bertz CT molecular complexity index is 417. The van der Waals surface area contributed by atoms with E-state index in [4.69, 9.17) is 10.2 Å². The third kappa shape index (κ3) is 4.32. The van der Waals surface area contributed by atoms with Crippen LogP contribution in [0.15, 0.2) is 24.3 Å². The van der Waals surface area contributed by atoms with Gasteiger partial charge in [0.05, 0.1) is 0 Å². The summed E-state index contributed by atoms with van der Waals surface area (Å²) in [5.41, 5.74) is 1.22. The zero-order chi connectivity index (χ0) is 13.5. The summed E-state index contributed by atoms with van der Waals surface area (Å²) in [4.78, 5) is 22.9. The molecule has 0 aliphatic heterocycles. The molecular formula is C12H16N2O4. The van der Waals surface area contributed by atoms with Crippen LogP contribution in [0.2, 0.25) is 0 Å². The number of anilines is 2. The van der Waals surface area contributed by atoms with Gasteiger partial charge in [-0.05, 0) is 30.7 Å². The third-order valence-electron chi connectivity index (χ3n) is 2.30. The molecule has 0 radical (unpaired) electrons. The molecule has 1 aromatic rings. The number of aliphatic carboxylic acids is 1. The number of carboxylic acids is 1. The van der Waals surface area contributed by atoms with E-state index in [9.17, 15) is 9.59 Å². The summed E-state index contributed by atoms with van der Waals surface area (Å²) < 4.78 is 0. The number of carbonyl (C=O) groups is 2. The zero-order valence-electron chi connectivity index (χ0n) is 10.1. The van der Waals surface area contributed by atoms with E-state index in [1.807, 2.05) is 6.92 Å². The third-order valence-corrected chi connectivity index (χ3v) is 2.30. The summed E-state index contributed by atoms with van der Waals surface area (Å²) in [6.07, 6.45) is -0.290. The summed E-state index contributed by atoms with van der Waals surface area (Å²) in [6.45, 7) is 2.53. The number of rotatable bonds is 6. The second kappa shape index (κ2) is 6.48. The van der Waals surface area contributed by atoms with Gasteiger partial charge in [0.2, 0.25) is 0 Å². The van der Waals surface area contributed by atoms with Crippen molar-refractivity contribution in [3.8, 4) is 0 Å². The number of hydrogen-bond acceptors (Lipinski definition) is 3. The molecule has 1 aromatic carbocycles. The highest BCUT2D eigenvalue weighted by Gasteiger charge is 2.09. The molecule has 0 unspecified atom stereocenters. The van der Waals surface area contributed by atoms with Gasteiger partial charge in [-0.1, -0.05) is 6.92 Å². The summed E-state index contributed by atoms with van der Waals surface area (Å²) >= 11 is 0. The second-order valence-corrected chi connectivity index (χ2v) is 3.79. The molecule has 0 spiro atoms. The summed E-state index contributed by atoms with van der Waals surface area (Å²) in [6, 6.07) is 6.61. The summed E-state index contributed by atoms with van der Waals surface area (Å²) in [7, 11) is 0. The Labute approximate surface area is 105 Å². The topological polar surface area (TPSA) is 89.9 Å². The minimum absolute atomic E-state index is 0.0699. The van der Waals surface area contributed by atoms with Gasteiger partial charge in [-0.25, -0.2) is 4.79 Å². The monoisotopic (exact) mass is 252 g/mol. The van der Waals surface area contributed by atoms with Crippen molar-refractivity contribution in [1.29, 1.82) is 0 Å². The molecule has 3 N–H and O–H groups in total. The standard InChI is InChI=1S/C12H16N2O4/c1-2-7-14(8-11(15)16)10-5-3-9(4-6-10)13-12(17)18/h3-6,13H,2,7-8H2,1H3,(H,15,16)(H,17,18). The van der Waals surface area contributed by atoms with Crippen molar-refractivity contribution in [2.45, 2.75) is 13.3 Å². The number of benzene rings is 1.